The quantitative estimate of drug-likeness (QED) is 0.742. The van der Waals surface area contributed by atoms with Crippen LogP contribution in [0.1, 0.15) is 30.9 Å². The molecule has 0 saturated heterocycles. The first kappa shape index (κ1) is 14.1. The highest BCUT2D eigenvalue weighted by molar-refractivity contribution is 6.35. The van der Waals surface area contributed by atoms with E-state index in [0.29, 0.717) is 0 Å². The molecular formula is C17H18ClN3. The Morgan fingerprint density at radius 1 is 1.24 bits per heavy atom. The van der Waals surface area contributed by atoms with Crippen molar-refractivity contribution in [1.29, 1.82) is 0 Å². The summed E-state index contributed by atoms with van der Waals surface area (Å²) in [5, 5.41) is 12.0. The summed E-state index contributed by atoms with van der Waals surface area (Å²) in [6.07, 6.45) is 3.25. The molecule has 0 unspecified atom stereocenters. The SMILES string of the molecule is CCCCc1cc2[nH]nnc2c(-c2ccccc2C)c1Cl. The fraction of sp³-hybridized carbons (Fsp3) is 0.294. The largest absolute Gasteiger partial charge is 0.258 e. The number of aromatic amines is 1. The van der Waals surface area contributed by atoms with Crippen molar-refractivity contribution in [2.45, 2.75) is 33.1 Å². The van der Waals surface area contributed by atoms with E-state index < -0.39 is 0 Å². The van der Waals surface area contributed by atoms with E-state index in [4.69, 9.17) is 11.6 Å². The molecule has 1 N–H and O–H groups in total. The van der Waals surface area contributed by atoms with Crippen LogP contribution in [0.4, 0.5) is 0 Å². The summed E-state index contributed by atoms with van der Waals surface area (Å²) >= 11 is 6.71. The lowest BCUT2D eigenvalue weighted by atomic mass is 9.95. The lowest BCUT2D eigenvalue weighted by Gasteiger charge is -2.12. The fourth-order valence-corrected chi connectivity index (χ4v) is 3.01. The number of fused-ring (bicyclic) bond motifs is 1. The maximum absolute atomic E-state index is 6.71. The first-order valence-electron chi connectivity index (χ1n) is 7.30. The molecule has 1 heterocycles. The monoisotopic (exact) mass is 299 g/mol. The Hall–Kier alpha value is -1.87. The number of halogens is 1. The summed E-state index contributed by atoms with van der Waals surface area (Å²) in [7, 11) is 0. The lowest BCUT2D eigenvalue weighted by Crippen LogP contribution is -1.93. The number of hydrogen-bond donors (Lipinski definition) is 1. The number of nitrogens with one attached hydrogen (secondary N) is 1. The molecule has 0 amide bonds. The number of H-pyrrole nitrogens is 1. The molecule has 0 radical (unpaired) electrons. The summed E-state index contributed by atoms with van der Waals surface area (Å²) in [6.45, 7) is 4.28. The Bertz CT molecular complexity index is 777. The van der Waals surface area contributed by atoms with Gasteiger partial charge in [-0.25, -0.2) is 0 Å². The van der Waals surface area contributed by atoms with Crippen LogP contribution in [0.2, 0.25) is 5.02 Å². The predicted octanol–water partition coefficient (Wildman–Crippen LogP) is 4.93. The third-order valence-electron chi connectivity index (χ3n) is 3.85. The maximum atomic E-state index is 6.71. The van der Waals surface area contributed by atoms with Gasteiger partial charge in [0.1, 0.15) is 5.52 Å². The predicted molar refractivity (Wildman–Crippen MR) is 87.7 cm³/mol. The molecule has 108 valence electrons. The molecular weight excluding hydrogens is 282 g/mol. The fourth-order valence-electron chi connectivity index (χ4n) is 2.67. The molecule has 0 spiro atoms. The molecule has 0 aliphatic carbocycles. The van der Waals surface area contributed by atoms with Gasteiger partial charge in [-0.15, -0.1) is 5.10 Å². The molecule has 2 aromatic carbocycles. The van der Waals surface area contributed by atoms with E-state index >= 15 is 0 Å². The van der Waals surface area contributed by atoms with E-state index in [9.17, 15) is 0 Å². The first-order valence-corrected chi connectivity index (χ1v) is 7.68. The van der Waals surface area contributed by atoms with Crippen molar-refractivity contribution < 1.29 is 0 Å². The van der Waals surface area contributed by atoms with Gasteiger partial charge in [0.15, 0.2) is 0 Å². The maximum Gasteiger partial charge on any atom is 0.122 e. The van der Waals surface area contributed by atoms with Crippen LogP contribution in [0.15, 0.2) is 30.3 Å². The van der Waals surface area contributed by atoms with Crippen molar-refractivity contribution in [3.05, 3.63) is 46.5 Å². The smallest absolute Gasteiger partial charge is 0.122 e. The van der Waals surface area contributed by atoms with Gasteiger partial charge in [-0.1, -0.05) is 54.4 Å². The van der Waals surface area contributed by atoms with Crippen LogP contribution >= 0.6 is 11.6 Å². The second-order valence-corrected chi connectivity index (χ2v) is 5.73. The van der Waals surface area contributed by atoms with Crippen LogP contribution in [0.25, 0.3) is 22.2 Å². The number of hydrogen-bond acceptors (Lipinski definition) is 2. The molecule has 0 atom stereocenters. The van der Waals surface area contributed by atoms with Crippen molar-refractivity contribution in [2.24, 2.45) is 0 Å². The summed E-state index contributed by atoms with van der Waals surface area (Å²) in [6, 6.07) is 10.3. The minimum Gasteiger partial charge on any atom is -0.258 e. The van der Waals surface area contributed by atoms with Gasteiger partial charge in [-0.05, 0) is 42.5 Å². The van der Waals surface area contributed by atoms with E-state index in [1.165, 1.54) is 5.56 Å². The van der Waals surface area contributed by atoms with E-state index in [-0.39, 0.29) is 0 Å². The minimum atomic E-state index is 0.805. The van der Waals surface area contributed by atoms with Crippen molar-refractivity contribution in [2.75, 3.05) is 0 Å². The van der Waals surface area contributed by atoms with Crippen molar-refractivity contribution in [3.8, 4) is 11.1 Å². The number of aryl methyl sites for hydroxylation is 2. The number of unbranched alkanes of at least 4 members (excludes halogenated alkanes) is 1. The van der Waals surface area contributed by atoms with Crippen LogP contribution in [0.3, 0.4) is 0 Å². The Morgan fingerprint density at radius 3 is 2.81 bits per heavy atom. The normalized spacial score (nSPS) is 11.2. The van der Waals surface area contributed by atoms with Crippen molar-refractivity contribution in [3.63, 3.8) is 0 Å². The molecule has 21 heavy (non-hydrogen) atoms. The van der Waals surface area contributed by atoms with Gasteiger partial charge in [0.2, 0.25) is 0 Å². The van der Waals surface area contributed by atoms with E-state index in [0.717, 1.165) is 52.0 Å². The third kappa shape index (κ3) is 2.54. The van der Waals surface area contributed by atoms with E-state index in [2.05, 4.69) is 47.5 Å². The number of rotatable bonds is 4. The summed E-state index contributed by atoms with van der Waals surface area (Å²) < 4.78 is 0. The Balaban J connectivity index is 2.27. The first-order chi connectivity index (χ1) is 10.2. The van der Waals surface area contributed by atoms with E-state index in [1.54, 1.807) is 0 Å². The van der Waals surface area contributed by atoms with Gasteiger partial charge in [-0.3, -0.25) is 5.10 Å². The Kier molecular flexibility index (Phi) is 3.93. The molecule has 3 aromatic rings. The zero-order chi connectivity index (χ0) is 14.8. The Labute approximate surface area is 129 Å². The molecule has 3 nitrogen and oxygen atoms in total. The third-order valence-corrected chi connectivity index (χ3v) is 4.28. The topological polar surface area (TPSA) is 41.6 Å². The highest BCUT2D eigenvalue weighted by Crippen LogP contribution is 2.38. The van der Waals surface area contributed by atoms with Crippen LogP contribution in [0, 0.1) is 6.92 Å². The zero-order valence-electron chi connectivity index (χ0n) is 12.3. The molecule has 3 rings (SSSR count). The summed E-state index contributed by atoms with van der Waals surface area (Å²) in [5.74, 6) is 0. The molecule has 0 bridgehead atoms. The number of benzene rings is 2. The molecule has 0 saturated carbocycles. The average Bonchev–Trinajstić information content (AvgIpc) is 2.94. The second kappa shape index (κ2) is 5.86. The second-order valence-electron chi connectivity index (χ2n) is 5.35. The van der Waals surface area contributed by atoms with Crippen LogP contribution < -0.4 is 0 Å². The highest BCUT2D eigenvalue weighted by atomic mass is 35.5. The molecule has 4 heteroatoms. The van der Waals surface area contributed by atoms with Gasteiger partial charge >= 0.3 is 0 Å². The molecule has 0 fully saturated rings. The molecule has 1 aromatic heterocycles. The highest BCUT2D eigenvalue weighted by Gasteiger charge is 2.17. The zero-order valence-corrected chi connectivity index (χ0v) is 13.0. The Morgan fingerprint density at radius 2 is 2.05 bits per heavy atom. The van der Waals surface area contributed by atoms with Crippen LogP contribution in [-0.4, -0.2) is 15.4 Å². The van der Waals surface area contributed by atoms with Crippen LogP contribution in [0.5, 0.6) is 0 Å². The van der Waals surface area contributed by atoms with Crippen molar-refractivity contribution in [1.82, 2.24) is 15.4 Å². The van der Waals surface area contributed by atoms with Gasteiger partial charge in [0.05, 0.1) is 10.5 Å². The van der Waals surface area contributed by atoms with Crippen molar-refractivity contribution >= 4 is 22.6 Å². The lowest BCUT2D eigenvalue weighted by molar-refractivity contribution is 0.796. The van der Waals surface area contributed by atoms with Gasteiger partial charge < -0.3 is 0 Å². The van der Waals surface area contributed by atoms with E-state index in [1.807, 2.05) is 12.1 Å². The average molecular weight is 300 g/mol. The summed E-state index contributed by atoms with van der Waals surface area (Å²) in [4.78, 5) is 0. The number of nitrogens with zero attached hydrogens (tertiary/aromatic N) is 2. The van der Waals surface area contributed by atoms with Gasteiger partial charge in [0, 0.05) is 5.56 Å². The summed E-state index contributed by atoms with van der Waals surface area (Å²) in [5.41, 5.74) is 6.26. The molecule has 0 aliphatic rings. The standard InChI is InChI=1S/C17H18ClN3/c1-3-4-8-12-10-14-17(20-21-19-14)15(16(12)18)13-9-6-5-7-11(13)2/h5-7,9-10H,3-4,8H2,1-2H3,(H,19,20,21). The van der Waals surface area contributed by atoms with Gasteiger partial charge in [0.25, 0.3) is 0 Å². The number of aromatic nitrogens is 3. The minimum absolute atomic E-state index is 0.805. The molecule has 0 aliphatic heterocycles. The van der Waals surface area contributed by atoms with Gasteiger partial charge in [-0.2, -0.15) is 0 Å². The van der Waals surface area contributed by atoms with Crippen LogP contribution in [-0.2, 0) is 6.42 Å².